The van der Waals surface area contributed by atoms with Gasteiger partial charge in [-0.2, -0.15) is 0 Å². The van der Waals surface area contributed by atoms with Crippen molar-refractivity contribution in [1.29, 1.82) is 0 Å². The summed E-state index contributed by atoms with van der Waals surface area (Å²) in [6.45, 7) is 1.85. The molecule has 0 spiro atoms. The van der Waals surface area contributed by atoms with E-state index >= 15 is 0 Å². The van der Waals surface area contributed by atoms with Crippen molar-refractivity contribution in [2.75, 3.05) is 33.8 Å². The molecule has 4 heteroatoms. The fraction of sp³-hybridized carbons (Fsp3) is 0.500. The highest BCUT2D eigenvalue weighted by molar-refractivity contribution is 5.77. The maximum Gasteiger partial charge on any atom is 0.257 e. The lowest BCUT2D eigenvalue weighted by Gasteiger charge is -2.10. The molecule has 0 radical (unpaired) electrons. The Labute approximate surface area is 109 Å². The van der Waals surface area contributed by atoms with E-state index in [4.69, 9.17) is 4.74 Å². The third-order valence-corrected chi connectivity index (χ3v) is 2.47. The first-order valence-electron chi connectivity index (χ1n) is 6.28. The number of amides is 1. The summed E-state index contributed by atoms with van der Waals surface area (Å²) in [6.07, 6.45) is 2.09. The van der Waals surface area contributed by atoms with Gasteiger partial charge in [0.05, 0.1) is 0 Å². The second-order valence-electron chi connectivity index (χ2n) is 4.46. The van der Waals surface area contributed by atoms with E-state index in [2.05, 4.69) is 10.2 Å². The Morgan fingerprint density at radius 3 is 2.61 bits per heavy atom. The van der Waals surface area contributed by atoms with Crippen molar-refractivity contribution < 1.29 is 9.53 Å². The average molecular weight is 250 g/mol. The summed E-state index contributed by atoms with van der Waals surface area (Å²) in [4.78, 5) is 13.6. The molecule has 0 unspecified atom stereocenters. The summed E-state index contributed by atoms with van der Waals surface area (Å²) >= 11 is 0. The molecule has 0 aliphatic carbocycles. The zero-order chi connectivity index (χ0) is 13.2. The summed E-state index contributed by atoms with van der Waals surface area (Å²) < 4.78 is 5.34. The second kappa shape index (κ2) is 8.53. The van der Waals surface area contributed by atoms with Gasteiger partial charge < -0.3 is 15.0 Å². The maximum absolute atomic E-state index is 11.5. The van der Waals surface area contributed by atoms with Gasteiger partial charge in [0.2, 0.25) is 0 Å². The van der Waals surface area contributed by atoms with E-state index in [0.29, 0.717) is 6.54 Å². The molecule has 0 saturated carbocycles. The summed E-state index contributed by atoms with van der Waals surface area (Å²) in [7, 11) is 4.10. The number of benzene rings is 1. The average Bonchev–Trinajstić information content (AvgIpc) is 2.37. The molecule has 100 valence electrons. The lowest BCUT2D eigenvalue weighted by Crippen LogP contribution is -2.30. The van der Waals surface area contributed by atoms with Crippen LogP contribution in [0.25, 0.3) is 0 Å². The van der Waals surface area contributed by atoms with Crippen LogP contribution < -0.4 is 10.1 Å². The molecule has 18 heavy (non-hydrogen) atoms. The minimum Gasteiger partial charge on any atom is -0.484 e. The first-order chi connectivity index (χ1) is 8.68. The van der Waals surface area contributed by atoms with Crippen molar-refractivity contribution in [1.82, 2.24) is 10.2 Å². The van der Waals surface area contributed by atoms with Crippen LogP contribution in [0, 0.1) is 0 Å². The zero-order valence-electron chi connectivity index (χ0n) is 11.2. The molecule has 1 amide bonds. The first-order valence-corrected chi connectivity index (χ1v) is 6.28. The van der Waals surface area contributed by atoms with Crippen LogP contribution in [0.15, 0.2) is 30.3 Å². The molecule has 0 aliphatic heterocycles. The van der Waals surface area contributed by atoms with E-state index in [0.717, 1.165) is 25.1 Å². The van der Waals surface area contributed by atoms with Gasteiger partial charge in [0, 0.05) is 6.54 Å². The van der Waals surface area contributed by atoms with Gasteiger partial charge in [0.15, 0.2) is 6.61 Å². The number of nitrogens with one attached hydrogen (secondary N) is 1. The van der Waals surface area contributed by atoms with Crippen molar-refractivity contribution in [3.63, 3.8) is 0 Å². The predicted octanol–water partition coefficient (Wildman–Crippen LogP) is 1.52. The van der Waals surface area contributed by atoms with Gasteiger partial charge in [-0.3, -0.25) is 4.79 Å². The molecule has 1 N–H and O–H groups in total. The standard InChI is InChI=1S/C14H22N2O2/c1-16(2)11-7-6-10-15-14(17)12-18-13-8-4-3-5-9-13/h3-5,8-9H,6-7,10-12H2,1-2H3,(H,15,17). The van der Waals surface area contributed by atoms with Gasteiger partial charge in [-0.05, 0) is 45.6 Å². The fourth-order valence-corrected chi connectivity index (χ4v) is 1.50. The third kappa shape index (κ3) is 6.91. The zero-order valence-corrected chi connectivity index (χ0v) is 11.2. The Kier molecular flexibility index (Phi) is 6.87. The SMILES string of the molecule is CN(C)CCCCNC(=O)COc1ccccc1. The highest BCUT2D eigenvalue weighted by Gasteiger charge is 2.01. The minimum absolute atomic E-state index is 0.0660. The van der Waals surface area contributed by atoms with Crippen molar-refractivity contribution >= 4 is 5.91 Å². The molecule has 0 aliphatic rings. The molecule has 0 heterocycles. The van der Waals surface area contributed by atoms with Crippen LogP contribution in [0.3, 0.4) is 0 Å². The van der Waals surface area contributed by atoms with Gasteiger partial charge in [-0.25, -0.2) is 0 Å². The normalized spacial score (nSPS) is 10.4. The van der Waals surface area contributed by atoms with Gasteiger partial charge >= 0.3 is 0 Å². The van der Waals surface area contributed by atoms with Crippen LogP contribution in [-0.2, 0) is 4.79 Å². The van der Waals surface area contributed by atoms with Gasteiger partial charge in [-0.15, -0.1) is 0 Å². The number of ether oxygens (including phenoxy) is 1. The fourth-order valence-electron chi connectivity index (χ4n) is 1.50. The molecule has 0 aromatic heterocycles. The number of carbonyl (C=O) groups is 1. The molecular formula is C14H22N2O2. The van der Waals surface area contributed by atoms with E-state index in [9.17, 15) is 4.79 Å². The van der Waals surface area contributed by atoms with Crippen LogP contribution in [0.5, 0.6) is 5.75 Å². The summed E-state index contributed by atoms with van der Waals surface area (Å²) in [6, 6.07) is 9.36. The molecular weight excluding hydrogens is 228 g/mol. The molecule has 1 aromatic rings. The first kappa shape index (κ1) is 14.5. The Hall–Kier alpha value is -1.55. The van der Waals surface area contributed by atoms with E-state index in [1.165, 1.54) is 0 Å². The van der Waals surface area contributed by atoms with Crippen LogP contribution in [-0.4, -0.2) is 44.6 Å². The highest BCUT2D eigenvalue weighted by Crippen LogP contribution is 2.07. The summed E-state index contributed by atoms with van der Waals surface area (Å²) in [5.74, 6) is 0.656. The van der Waals surface area contributed by atoms with E-state index < -0.39 is 0 Å². The minimum atomic E-state index is -0.0660. The van der Waals surface area contributed by atoms with Gasteiger partial charge in [0.1, 0.15) is 5.75 Å². The van der Waals surface area contributed by atoms with Crippen molar-refractivity contribution in [3.8, 4) is 5.75 Å². The van der Waals surface area contributed by atoms with Crippen LogP contribution >= 0.6 is 0 Å². The predicted molar refractivity (Wildman–Crippen MR) is 72.7 cm³/mol. The molecule has 0 fully saturated rings. The Morgan fingerprint density at radius 1 is 1.22 bits per heavy atom. The molecule has 0 saturated heterocycles. The Bertz CT molecular complexity index is 339. The number of para-hydroxylation sites is 1. The monoisotopic (exact) mass is 250 g/mol. The van der Waals surface area contributed by atoms with E-state index in [1.807, 2.05) is 44.4 Å². The van der Waals surface area contributed by atoms with Gasteiger partial charge in [0.25, 0.3) is 5.91 Å². The molecule has 0 bridgehead atoms. The number of hydrogen-bond acceptors (Lipinski definition) is 3. The smallest absolute Gasteiger partial charge is 0.257 e. The Morgan fingerprint density at radius 2 is 1.94 bits per heavy atom. The summed E-state index contributed by atoms with van der Waals surface area (Å²) in [5.41, 5.74) is 0. The highest BCUT2D eigenvalue weighted by atomic mass is 16.5. The summed E-state index contributed by atoms with van der Waals surface area (Å²) in [5, 5.41) is 2.84. The molecule has 0 atom stereocenters. The number of nitrogens with zero attached hydrogens (tertiary/aromatic N) is 1. The van der Waals surface area contributed by atoms with Crippen molar-refractivity contribution in [3.05, 3.63) is 30.3 Å². The lowest BCUT2D eigenvalue weighted by molar-refractivity contribution is -0.123. The van der Waals surface area contributed by atoms with Crippen molar-refractivity contribution in [2.24, 2.45) is 0 Å². The topological polar surface area (TPSA) is 41.6 Å². The number of unbranched alkanes of at least 4 members (excludes halogenated alkanes) is 1. The lowest BCUT2D eigenvalue weighted by atomic mass is 10.3. The van der Waals surface area contributed by atoms with Crippen LogP contribution in [0.1, 0.15) is 12.8 Å². The third-order valence-electron chi connectivity index (χ3n) is 2.47. The quantitative estimate of drug-likeness (QED) is 0.711. The van der Waals surface area contributed by atoms with Gasteiger partial charge in [-0.1, -0.05) is 18.2 Å². The number of hydrogen-bond donors (Lipinski definition) is 1. The molecule has 1 rings (SSSR count). The van der Waals surface area contributed by atoms with Crippen molar-refractivity contribution in [2.45, 2.75) is 12.8 Å². The molecule has 1 aromatic carbocycles. The van der Waals surface area contributed by atoms with E-state index in [-0.39, 0.29) is 12.5 Å². The number of rotatable bonds is 8. The van der Waals surface area contributed by atoms with E-state index in [1.54, 1.807) is 0 Å². The van der Waals surface area contributed by atoms with Crippen LogP contribution in [0.4, 0.5) is 0 Å². The van der Waals surface area contributed by atoms with Crippen LogP contribution in [0.2, 0.25) is 0 Å². The second-order valence-corrected chi connectivity index (χ2v) is 4.46. The largest absolute Gasteiger partial charge is 0.484 e. The Balaban J connectivity index is 2.04. The maximum atomic E-state index is 11.5. The number of carbonyl (C=O) groups excluding carboxylic acids is 1. The molecule has 4 nitrogen and oxygen atoms in total.